The molecule has 0 aromatic heterocycles. The van der Waals surface area contributed by atoms with E-state index in [0.717, 1.165) is 31.5 Å². The van der Waals surface area contributed by atoms with Gasteiger partial charge in [0.25, 0.3) is 0 Å². The Morgan fingerprint density at radius 2 is 1.95 bits per heavy atom. The van der Waals surface area contributed by atoms with Crippen molar-refractivity contribution in [2.75, 3.05) is 32.8 Å². The van der Waals surface area contributed by atoms with Crippen LogP contribution in [0.4, 0.5) is 4.39 Å². The maximum absolute atomic E-state index is 12.8. The van der Waals surface area contributed by atoms with Crippen LogP contribution in [0.15, 0.2) is 24.3 Å². The highest BCUT2D eigenvalue weighted by molar-refractivity contribution is 5.78. The molecule has 4 nitrogen and oxygen atoms in total. The molecule has 1 amide bonds. The Morgan fingerprint density at radius 1 is 1.29 bits per heavy atom. The smallest absolute Gasteiger partial charge is 0.234 e. The number of piperidine rings is 1. The van der Waals surface area contributed by atoms with E-state index in [2.05, 4.69) is 10.2 Å². The lowest BCUT2D eigenvalue weighted by Gasteiger charge is -2.30. The van der Waals surface area contributed by atoms with E-state index in [0.29, 0.717) is 25.4 Å². The van der Waals surface area contributed by atoms with Gasteiger partial charge in [-0.05, 0) is 56.0 Å². The molecule has 0 aliphatic carbocycles. The van der Waals surface area contributed by atoms with Gasteiger partial charge in [0.1, 0.15) is 5.82 Å². The average molecular weight is 294 g/mol. The van der Waals surface area contributed by atoms with Gasteiger partial charge < -0.3 is 10.4 Å². The van der Waals surface area contributed by atoms with E-state index in [9.17, 15) is 9.18 Å². The first-order valence-electron chi connectivity index (χ1n) is 7.51. The van der Waals surface area contributed by atoms with Crippen LogP contribution in [-0.4, -0.2) is 48.7 Å². The number of halogens is 1. The van der Waals surface area contributed by atoms with E-state index >= 15 is 0 Å². The van der Waals surface area contributed by atoms with Gasteiger partial charge in [-0.25, -0.2) is 4.39 Å². The van der Waals surface area contributed by atoms with Gasteiger partial charge in [-0.2, -0.15) is 0 Å². The van der Waals surface area contributed by atoms with Gasteiger partial charge in [-0.1, -0.05) is 12.1 Å². The Kier molecular flexibility index (Phi) is 6.14. The SMILES string of the molecule is O=C(CN1CCC(CO)CC1)NCCc1ccc(F)cc1. The molecule has 1 aromatic rings. The molecule has 1 aliphatic rings. The van der Waals surface area contributed by atoms with Crippen LogP contribution in [0.25, 0.3) is 0 Å². The van der Waals surface area contributed by atoms with E-state index in [1.54, 1.807) is 12.1 Å². The van der Waals surface area contributed by atoms with E-state index < -0.39 is 0 Å². The number of hydrogen-bond donors (Lipinski definition) is 2. The van der Waals surface area contributed by atoms with Gasteiger partial charge in [-0.3, -0.25) is 9.69 Å². The minimum absolute atomic E-state index is 0.0274. The lowest BCUT2D eigenvalue weighted by Crippen LogP contribution is -2.42. The fourth-order valence-electron chi connectivity index (χ4n) is 2.58. The monoisotopic (exact) mass is 294 g/mol. The summed E-state index contributed by atoms with van der Waals surface area (Å²) in [6.07, 6.45) is 2.62. The van der Waals surface area contributed by atoms with Crippen molar-refractivity contribution in [3.8, 4) is 0 Å². The third-order valence-electron chi connectivity index (χ3n) is 3.98. The highest BCUT2D eigenvalue weighted by atomic mass is 19.1. The van der Waals surface area contributed by atoms with Crippen LogP contribution in [0, 0.1) is 11.7 Å². The Morgan fingerprint density at radius 3 is 2.57 bits per heavy atom. The van der Waals surface area contributed by atoms with Crippen LogP contribution in [0.5, 0.6) is 0 Å². The number of likely N-dealkylation sites (tertiary alicyclic amines) is 1. The quantitative estimate of drug-likeness (QED) is 0.828. The first-order chi connectivity index (χ1) is 10.2. The van der Waals surface area contributed by atoms with Crippen molar-refractivity contribution < 1.29 is 14.3 Å². The molecule has 0 radical (unpaired) electrons. The van der Waals surface area contributed by atoms with E-state index in [-0.39, 0.29) is 18.3 Å². The number of aliphatic hydroxyl groups excluding tert-OH is 1. The summed E-state index contributed by atoms with van der Waals surface area (Å²) in [5.74, 6) is 0.177. The average Bonchev–Trinajstić information content (AvgIpc) is 2.50. The number of amides is 1. The number of rotatable bonds is 6. The standard InChI is InChI=1S/C16H23FN2O2/c17-15-3-1-13(2-4-15)5-8-18-16(21)11-19-9-6-14(12-20)7-10-19/h1-4,14,20H,5-12H2,(H,18,21). The maximum atomic E-state index is 12.8. The van der Waals surface area contributed by atoms with Crippen molar-refractivity contribution in [1.82, 2.24) is 10.2 Å². The molecular formula is C16H23FN2O2. The first-order valence-corrected chi connectivity index (χ1v) is 7.51. The summed E-state index contributed by atoms with van der Waals surface area (Å²) >= 11 is 0. The predicted octanol–water partition coefficient (Wildman–Crippen LogP) is 1.19. The van der Waals surface area contributed by atoms with E-state index in [1.807, 2.05) is 0 Å². The zero-order chi connectivity index (χ0) is 15.1. The molecule has 1 saturated heterocycles. The second-order valence-corrected chi connectivity index (χ2v) is 5.63. The molecule has 1 fully saturated rings. The van der Waals surface area contributed by atoms with Crippen molar-refractivity contribution in [3.63, 3.8) is 0 Å². The van der Waals surface area contributed by atoms with E-state index in [1.165, 1.54) is 12.1 Å². The number of carbonyl (C=O) groups is 1. The molecule has 21 heavy (non-hydrogen) atoms. The zero-order valence-electron chi connectivity index (χ0n) is 12.2. The summed E-state index contributed by atoms with van der Waals surface area (Å²) in [6, 6.07) is 6.34. The zero-order valence-corrected chi connectivity index (χ0v) is 12.2. The molecule has 0 unspecified atom stereocenters. The minimum Gasteiger partial charge on any atom is -0.396 e. The molecule has 5 heteroatoms. The highest BCUT2D eigenvalue weighted by Crippen LogP contribution is 2.15. The van der Waals surface area contributed by atoms with Gasteiger partial charge in [-0.15, -0.1) is 0 Å². The van der Waals surface area contributed by atoms with Crippen LogP contribution < -0.4 is 5.32 Å². The second kappa shape index (κ2) is 8.10. The molecule has 0 saturated carbocycles. The molecule has 1 heterocycles. The van der Waals surface area contributed by atoms with E-state index in [4.69, 9.17) is 5.11 Å². The van der Waals surface area contributed by atoms with Crippen molar-refractivity contribution in [1.29, 1.82) is 0 Å². The third-order valence-corrected chi connectivity index (χ3v) is 3.98. The fraction of sp³-hybridized carbons (Fsp3) is 0.562. The largest absolute Gasteiger partial charge is 0.396 e. The number of carbonyl (C=O) groups excluding carboxylic acids is 1. The summed E-state index contributed by atoms with van der Waals surface area (Å²) in [5.41, 5.74) is 1.01. The summed E-state index contributed by atoms with van der Waals surface area (Å²) in [4.78, 5) is 14.0. The molecule has 2 N–H and O–H groups in total. The summed E-state index contributed by atoms with van der Waals surface area (Å²) in [5, 5.41) is 12.0. The molecule has 0 spiro atoms. The van der Waals surface area contributed by atoms with Crippen LogP contribution in [0.1, 0.15) is 18.4 Å². The van der Waals surface area contributed by atoms with Crippen LogP contribution in [-0.2, 0) is 11.2 Å². The molecule has 0 bridgehead atoms. The molecule has 1 aromatic carbocycles. The number of aliphatic hydroxyl groups is 1. The maximum Gasteiger partial charge on any atom is 0.234 e. The molecule has 116 valence electrons. The van der Waals surface area contributed by atoms with Gasteiger partial charge >= 0.3 is 0 Å². The summed E-state index contributed by atoms with van der Waals surface area (Å²) in [6.45, 7) is 2.98. The third kappa shape index (κ3) is 5.44. The van der Waals surface area contributed by atoms with Crippen LogP contribution >= 0.6 is 0 Å². The van der Waals surface area contributed by atoms with Crippen molar-refractivity contribution in [3.05, 3.63) is 35.6 Å². The highest BCUT2D eigenvalue weighted by Gasteiger charge is 2.19. The predicted molar refractivity (Wildman–Crippen MR) is 79.4 cm³/mol. The molecule has 0 atom stereocenters. The summed E-state index contributed by atoms with van der Waals surface area (Å²) < 4.78 is 12.8. The minimum atomic E-state index is -0.242. The number of nitrogens with one attached hydrogen (secondary N) is 1. The molecular weight excluding hydrogens is 271 g/mol. The second-order valence-electron chi connectivity index (χ2n) is 5.63. The number of benzene rings is 1. The van der Waals surface area contributed by atoms with Crippen LogP contribution in [0.2, 0.25) is 0 Å². The van der Waals surface area contributed by atoms with Gasteiger partial charge in [0.2, 0.25) is 5.91 Å². The van der Waals surface area contributed by atoms with Gasteiger partial charge in [0.05, 0.1) is 6.54 Å². The van der Waals surface area contributed by atoms with Gasteiger partial charge in [0.15, 0.2) is 0 Å². The van der Waals surface area contributed by atoms with Crippen LogP contribution in [0.3, 0.4) is 0 Å². The number of hydrogen-bond acceptors (Lipinski definition) is 3. The lowest BCUT2D eigenvalue weighted by molar-refractivity contribution is -0.122. The lowest BCUT2D eigenvalue weighted by atomic mass is 9.98. The Bertz CT molecular complexity index is 442. The van der Waals surface area contributed by atoms with Crippen molar-refractivity contribution in [2.45, 2.75) is 19.3 Å². The topological polar surface area (TPSA) is 52.6 Å². The van der Waals surface area contributed by atoms with Crippen molar-refractivity contribution in [2.24, 2.45) is 5.92 Å². The summed E-state index contributed by atoms with van der Waals surface area (Å²) in [7, 11) is 0. The first kappa shape index (κ1) is 15.9. The molecule has 1 aliphatic heterocycles. The Balaban J connectivity index is 1.62. The van der Waals surface area contributed by atoms with Gasteiger partial charge in [0, 0.05) is 13.2 Å². The Labute approximate surface area is 125 Å². The fourth-order valence-corrected chi connectivity index (χ4v) is 2.58. The molecule has 2 rings (SSSR count). The Hall–Kier alpha value is -1.46. The normalized spacial score (nSPS) is 16.9. The number of nitrogens with zero attached hydrogens (tertiary/aromatic N) is 1. The van der Waals surface area contributed by atoms with Crippen molar-refractivity contribution >= 4 is 5.91 Å².